The van der Waals surface area contributed by atoms with Crippen LogP contribution in [0.3, 0.4) is 0 Å². The number of halogens is 1. The summed E-state index contributed by atoms with van der Waals surface area (Å²) in [6, 6.07) is 5.93. The highest BCUT2D eigenvalue weighted by Crippen LogP contribution is 2.52. The molecule has 3 N–H and O–H groups in total. The molecule has 1 spiro atoms. The Balaban J connectivity index is 1.43. The molecule has 1 aliphatic carbocycles. The Morgan fingerprint density at radius 1 is 1.24 bits per heavy atom. The van der Waals surface area contributed by atoms with Gasteiger partial charge in [0.2, 0.25) is 0 Å². The molecule has 2 aliphatic heterocycles. The fourth-order valence-electron chi connectivity index (χ4n) is 6.47. The molecule has 10 heteroatoms. The van der Waals surface area contributed by atoms with Crippen molar-refractivity contribution in [1.82, 2.24) is 14.9 Å². The molecule has 0 radical (unpaired) electrons. The maximum absolute atomic E-state index is 12.7. The van der Waals surface area contributed by atoms with Crippen molar-refractivity contribution in [1.29, 1.82) is 0 Å². The number of hydrogen-bond donors (Lipinski definition) is 2. The van der Waals surface area contributed by atoms with Gasteiger partial charge in [0, 0.05) is 61.6 Å². The number of benzene rings is 1. The number of nitrogens with zero attached hydrogens (tertiary/aromatic N) is 4. The van der Waals surface area contributed by atoms with Crippen LogP contribution >= 0.6 is 11.6 Å². The van der Waals surface area contributed by atoms with Crippen LogP contribution in [0, 0.1) is 12.3 Å². The van der Waals surface area contributed by atoms with Gasteiger partial charge in [-0.3, -0.25) is 9.69 Å². The van der Waals surface area contributed by atoms with Crippen LogP contribution < -0.4 is 15.4 Å². The molecule has 41 heavy (non-hydrogen) atoms. The number of carbonyl (C=O) groups excluding carboxylic acids is 1. The normalized spacial score (nSPS) is 20.2. The van der Waals surface area contributed by atoms with Crippen molar-refractivity contribution >= 4 is 28.8 Å². The van der Waals surface area contributed by atoms with Crippen LogP contribution in [-0.2, 0) is 9.53 Å². The minimum absolute atomic E-state index is 0.150. The standard InChI is InChI=1S/C31H42ClN5O4/c1-6-7-22(39)15-41-23-8-9-26(32)25(10-23)29-34-28(27(19(3)33)20(4)38)18(2)30(35-29)37-16-31(17-37)11-21(12-31)36-13-24(14-36)40-5/h8-10,21-22,24,39H,6-7,11-17,33H2,1-5H3/t22-/m1/s1. The van der Waals surface area contributed by atoms with Crippen molar-refractivity contribution < 1.29 is 19.4 Å². The molecule has 2 aromatic rings. The maximum Gasteiger partial charge on any atom is 0.163 e. The topological polar surface area (TPSA) is 114 Å². The lowest BCUT2D eigenvalue weighted by molar-refractivity contribution is -0.111. The molecule has 2 saturated heterocycles. The Hall–Kier alpha value is -2.72. The molecule has 1 aromatic carbocycles. The summed E-state index contributed by atoms with van der Waals surface area (Å²) in [5.74, 6) is 1.61. The Morgan fingerprint density at radius 2 is 1.95 bits per heavy atom. The summed E-state index contributed by atoms with van der Waals surface area (Å²) >= 11 is 6.67. The van der Waals surface area contributed by atoms with Gasteiger partial charge in [0.05, 0.1) is 28.5 Å². The van der Waals surface area contributed by atoms with E-state index in [2.05, 4.69) is 9.80 Å². The first-order valence-corrected chi connectivity index (χ1v) is 14.9. The van der Waals surface area contributed by atoms with Gasteiger partial charge in [-0.25, -0.2) is 9.97 Å². The van der Waals surface area contributed by atoms with Gasteiger partial charge in [-0.1, -0.05) is 24.9 Å². The molecule has 1 atom stereocenters. The van der Waals surface area contributed by atoms with Crippen molar-refractivity contribution in [3.63, 3.8) is 0 Å². The second-order valence-electron chi connectivity index (χ2n) is 12.1. The average molecular weight is 584 g/mol. The van der Waals surface area contributed by atoms with Gasteiger partial charge in [0.25, 0.3) is 0 Å². The van der Waals surface area contributed by atoms with E-state index in [1.165, 1.54) is 19.8 Å². The quantitative estimate of drug-likeness (QED) is 0.375. The fourth-order valence-corrected chi connectivity index (χ4v) is 6.67. The predicted octanol–water partition coefficient (Wildman–Crippen LogP) is 4.22. The molecule has 3 fully saturated rings. The number of hydrogen-bond acceptors (Lipinski definition) is 9. The van der Waals surface area contributed by atoms with Crippen LogP contribution in [0.4, 0.5) is 5.82 Å². The highest BCUT2D eigenvalue weighted by molar-refractivity contribution is 6.33. The Morgan fingerprint density at radius 3 is 2.56 bits per heavy atom. The van der Waals surface area contributed by atoms with Gasteiger partial charge in [-0.15, -0.1) is 0 Å². The molecule has 3 heterocycles. The number of rotatable bonds is 11. The largest absolute Gasteiger partial charge is 0.491 e. The van der Waals surface area contributed by atoms with E-state index in [-0.39, 0.29) is 12.4 Å². The number of carbonyl (C=O) groups is 1. The van der Waals surface area contributed by atoms with E-state index in [0.717, 1.165) is 44.0 Å². The number of methoxy groups -OCH3 is 1. The number of Topliss-reactive ketones (excluding diaryl/α,β-unsaturated/α-hetero) is 1. The van der Waals surface area contributed by atoms with Gasteiger partial charge >= 0.3 is 0 Å². The van der Waals surface area contributed by atoms with Crippen LogP contribution in [-0.4, -0.2) is 83.9 Å². The summed E-state index contributed by atoms with van der Waals surface area (Å²) < 4.78 is 11.3. The van der Waals surface area contributed by atoms with Gasteiger partial charge in [0.15, 0.2) is 11.6 Å². The molecule has 0 bridgehead atoms. The van der Waals surface area contributed by atoms with Crippen LogP contribution in [0.2, 0.25) is 5.02 Å². The first kappa shape index (κ1) is 29.8. The van der Waals surface area contributed by atoms with Gasteiger partial charge in [0.1, 0.15) is 18.2 Å². The van der Waals surface area contributed by atoms with Gasteiger partial charge in [-0.05, 0) is 58.2 Å². The summed E-state index contributed by atoms with van der Waals surface area (Å²) in [4.78, 5) is 27.4. The number of anilines is 1. The zero-order valence-electron chi connectivity index (χ0n) is 24.7. The lowest BCUT2D eigenvalue weighted by Crippen LogP contribution is -2.70. The number of nitrogens with two attached hydrogens (primary N) is 1. The van der Waals surface area contributed by atoms with E-state index in [9.17, 15) is 9.90 Å². The third kappa shape index (κ3) is 5.95. The predicted molar refractivity (Wildman–Crippen MR) is 161 cm³/mol. The summed E-state index contributed by atoms with van der Waals surface area (Å²) in [6.45, 7) is 11.3. The Bertz CT molecular complexity index is 1320. The maximum atomic E-state index is 12.7. The lowest BCUT2D eigenvalue weighted by atomic mass is 9.59. The molecule has 1 aromatic heterocycles. The fraction of sp³-hybridized carbons (Fsp3) is 0.581. The SMILES string of the molecule is CCC[C@@H](O)COc1ccc(Cl)c(-c2nc(C(C(C)=O)=C(C)N)c(C)c(N3CC4(CC(N5CC(OC)C5)C4)C3)n2)c1. The summed E-state index contributed by atoms with van der Waals surface area (Å²) in [5.41, 5.74) is 9.25. The van der Waals surface area contributed by atoms with Crippen LogP contribution in [0.1, 0.15) is 57.7 Å². The second kappa shape index (κ2) is 11.9. The molecule has 1 saturated carbocycles. The lowest BCUT2D eigenvalue weighted by Gasteiger charge is -2.63. The molecule has 5 rings (SSSR count). The molecule has 0 amide bonds. The van der Waals surface area contributed by atoms with Crippen molar-refractivity contribution in [3.8, 4) is 17.1 Å². The molecular weight excluding hydrogens is 542 g/mol. The number of ketones is 1. The van der Waals surface area contributed by atoms with E-state index in [4.69, 9.17) is 36.8 Å². The zero-order valence-corrected chi connectivity index (χ0v) is 25.5. The van der Waals surface area contributed by atoms with Crippen molar-refractivity contribution in [2.24, 2.45) is 11.1 Å². The summed E-state index contributed by atoms with van der Waals surface area (Å²) in [5, 5.41) is 10.6. The number of allylic oxidation sites excluding steroid dienone is 2. The first-order valence-electron chi connectivity index (χ1n) is 14.5. The van der Waals surface area contributed by atoms with Crippen molar-refractivity contribution in [2.75, 3.05) is 44.8 Å². The van der Waals surface area contributed by atoms with E-state index < -0.39 is 6.10 Å². The van der Waals surface area contributed by atoms with Crippen LogP contribution in [0.25, 0.3) is 17.0 Å². The minimum atomic E-state index is -0.545. The van der Waals surface area contributed by atoms with E-state index >= 15 is 0 Å². The third-order valence-corrected chi connectivity index (χ3v) is 9.09. The van der Waals surface area contributed by atoms with Crippen molar-refractivity contribution in [3.05, 3.63) is 40.2 Å². The molecule has 9 nitrogen and oxygen atoms in total. The smallest absolute Gasteiger partial charge is 0.163 e. The zero-order chi connectivity index (χ0) is 29.5. The molecule has 3 aliphatic rings. The van der Waals surface area contributed by atoms with Crippen LogP contribution in [0.15, 0.2) is 23.9 Å². The monoisotopic (exact) mass is 583 g/mol. The van der Waals surface area contributed by atoms with Gasteiger partial charge < -0.3 is 25.2 Å². The molecule has 0 unspecified atom stereocenters. The third-order valence-electron chi connectivity index (χ3n) is 8.76. The Labute approximate surface area is 247 Å². The number of aliphatic hydroxyl groups excluding tert-OH is 1. The van der Waals surface area contributed by atoms with Crippen LogP contribution in [0.5, 0.6) is 5.75 Å². The highest BCUT2D eigenvalue weighted by atomic mass is 35.5. The molecule has 222 valence electrons. The van der Waals surface area contributed by atoms with Crippen molar-refractivity contribution in [2.45, 2.75) is 71.6 Å². The number of ether oxygens (including phenoxy) is 2. The van der Waals surface area contributed by atoms with E-state index in [0.29, 0.717) is 63.1 Å². The number of likely N-dealkylation sites (tertiary alicyclic amines) is 1. The first-order chi connectivity index (χ1) is 19.5. The Kier molecular flexibility index (Phi) is 8.62. The average Bonchev–Trinajstić information content (AvgIpc) is 2.84. The number of aromatic nitrogens is 2. The molecular formula is C31H42ClN5O4. The van der Waals surface area contributed by atoms with E-state index in [1.807, 2.05) is 13.8 Å². The minimum Gasteiger partial charge on any atom is -0.491 e. The summed E-state index contributed by atoms with van der Waals surface area (Å²) in [6.07, 6.45) is 3.72. The summed E-state index contributed by atoms with van der Waals surface area (Å²) in [7, 11) is 1.79. The highest BCUT2D eigenvalue weighted by Gasteiger charge is 2.55. The number of aliphatic hydroxyl groups is 1. The van der Waals surface area contributed by atoms with E-state index in [1.54, 1.807) is 32.2 Å². The van der Waals surface area contributed by atoms with Gasteiger partial charge in [-0.2, -0.15) is 0 Å². The second-order valence-corrected chi connectivity index (χ2v) is 12.5.